The molecule has 4 aliphatic rings. The Balaban J connectivity index is 0.878. The molecule has 2 aromatic carbocycles. The smallest absolute Gasteiger partial charge is 0.343 e. The van der Waals surface area contributed by atoms with Gasteiger partial charge in [-0.3, -0.25) is 29.0 Å². The summed E-state index contributed by atoms with van der Waals surface area (Å²) in [5, 5.41) is 4.10. The van der Waals surface area contributed by atoms with Gasteiger partial charge in [-0.25, -0.2) is 14.8 Å². The molecule has 8 rings (SSSR count). The Morgan fingerprint density at radius 3 is 2.38 bits per heavy atom. The number of imidazole rings is 1. The second-order valence-electron chi connectivity index (χ2n) is 12.1. The van der Waals surface area contributed by atoms with Gasteiger partial charge in [0.05, 0.1) is 34.4 Å². The van der Waals surface area contributed by atoms with Crippen LogP contribution in [-0.4, -0.2) is 105 Å². The number of para-hydroxylation sites is 2. The molecule has 4 aliphatic heterocycles. The van der Waals surface area contributed by atoms with Gasteiger partial charge in [-0.1, -0.05) is 18.2 Å². The van der Waals surface area contributed by atoms with Gasteiger partial charge in [-0.15, -0.1) is 0 Å². The van der Waals surface area contributed by atoms with E-state index in [1.165, 1.54) is 0 Å². The lowest BCUT2D eigenvalue weighted by atomic mass is 9.96. The van der Waals surface area contributed by atoms with Gasteiger partial charge >= 0.3 is 6.03 Å². The molecule has 0 aliphatic carbocycles. The van der Waals surface area contributed by atoms with E-state index in [4.69, 9.17) is 9.97 Å². The van der Waals surface area contributed by atoms with E-state index in [1.807, 2.05) is 28.7 Å². The maximum Gasteiger partial charge on any atom is 0.343 e. The molecule has 0 atom stereocenters. The fourth-order valence-corrected chi connectivity index (χ4v) is 7.08. The number of carbonyl (C=O) groups excluding carboxylic acids is 4. The summed E-state index contributed by atoms with van der Waals surface area (Å²) in [6, 6.07) is 14.7. The minimum atomic E-state index is -0.759. The molecule has 1 N–H and O–H groups in total. The molecule has 230 valence electrons. The third kappa shape index (κ3) is 4.74. The van der Waals surface area contributed by atoms with Crippen LogP contribution in [0.5, 0.6) is 0 Å². The Morgan fingerprint density at radius 1 is 0.778 bits per heavy atom. The van der Waals surface area contributed by atoms with Gasteiger partial charge in [0, 0.05) is 58.4 Å². The first kappa shape index (κ1) is 27.5. The minimum absolute atomic E-state index is 0.0173. The number of imide groups is 2. The number of hydrogen-bond acceptors (Lipinski definition) is 9. The van der Waals surface area contributed by atoms with Crippen LogP contribution in [0, 0.1) is 5.92 Å². The van der Waals surface area contributed by atoms with Crippen molar-refractivity contribution in [3.8, 4) is 0 Å². The molecule has 6 heterocycles. The highest BCUT2D eigenvalue weighted by Crippen LogP contribution is 2.34. The molecule has 0 unspecified atom stereocenters. The largest absolute Gasteiger partial charge is 0.368 e. The molecule has 13 nitrogen and oxygen atoms in total. The molecule has 2 aromatic heterocycles. The molecule has 3 saturated heterocycles. The predicted octanol–water partition coefficient (Wildman–Crippen LogP) is 2.37. The maximum atomic E-state index is 13.5. The number of nitrogens with one attached hydrogen (secondary N) is 1. The predicted molar refractivity (Wildman–Crippen MR) is 166 cm³/mol. The number of benzene rings is 2. The highest BCUT2D eigenvalue weighted by atomic mass is 16.2. The topological polar surface area (TPSA) is 127 Å². The van der Waals surface area contributed by atoms with Gasteiger partial charge in [0.15, 0.2) is 0 Å². The van der Waals surface area contributed by atoms with Crippen molar-refractivity contribution in [1.82, 2.24) is 34.6 Å². The van der Waals surface area contributed by atoms with Gasteiger partial charge in [-0.2, -0.15) is 9.99 Å². The van der Waals surface area contributed by atoms with Crippen LogP contribution >= 0.6 is 0 Å². The van der Waals surface area contributed by atoms with E-state index in [2.05, 4.69) is 38.3 Å². The molecule has 13 heteroatoms. The maximum absolute atomic E-state index is 13.5. The number of piperazine rings is 1. The van der Waals surface area contributed by atoms with Gasteiger partial charge < -0.3 is 9.80 Å². The summed E-state index contributed by atoms with van der Waals surface area (Å²) in [5.74, 6) is 0.807. The van der Waals surface area contributed by atoms with E-state index in [0.29, 0.717) is 17.2 Å². The Kier molecular flexibility index (Phi) is 6.63. The first-order valence-electron chi connectivity index (χ1n) is 15.5. The van der Waals surface area contributed by atoms with Crippen LogP contribution in [-0.2, 0) is 4.79 Å². The van der Waals surface area contributed by atoms with Crippen LogP contribution in [0.25, 0.3) is 16.8 Å². The molecule has 5 amide bonds. The molecule has 0 spiro atoms. The van der Waals surface area contributed by atoms with Crippen LogP contribution in [0.4, 0.5) is 16.3 Å². The molecule has 0 bridgehead atoms. The second kappa shape index (κ2) is 10.8. The first-order chi connectivity index (χ1) is 21.9. The summed E-state index contributed by atoms with van der Waals surface area (Å²) in [7, 11) is 0. The van der Waals surface area contributed by atoms with Crippen molar-refractivity contribution >= 4 is 52.1 Å². The molecule has 0 saturated carbocycles. The summed E-state index contributed by atoms with van der Waals surface area (Å²) in [4.78, 5) is 67.3. The number of aromatic nitrogens is 3. The summed E-state index contributed by atoms with van der Waals surface area (Å²) in [5.41, 5.74) is 3.33. The number of urea groups is 1. The van der Waals surface area contributed by atoms with Crippen molar-refractivity contribution in [2.45, 2.75) is 19.3 Å². The van der Waals surface area contributed by atoms with E-state index >= 15 is 0 Å². The lowest BCUT2D eigenvalue weighted by molar-refractivity contribution is -0.122. The van der Waals surface area contributed by atoms with Crippen molar-refractivity contribution in [1.29, 1.82) is 0 Å². The number of carbonyl (C=O) groups is 4. The van der Waals surface area contributed by atoms with E-state index in [1.54, 1.807) is 12.1 Å². The van der Waals surface area contributed by atoms with Crippen molar-refractivity contribution in [3.63, 3.8) is 0 Å². The zero-order chi connectivity index (χ0) is 30.7. The van der Waals surface area contributed by atoms with Crippen LogP contribution in [0.2, 0.25) is 0 Å². The second-order valence-corrected chi connectivity index (χ2v) is 12.1. The van der Waals surface area contributed by atoms with Gasteiger partial charge in [-0.05, 0) is 49.1 Å². The average molecular weight is 608 g/mol. The van der Waals surface area contributed by atoms with Crippen LogP contribution < -0.4 is 15.1 Å². The van der Waals surface area contributed by atoms with E-state index in [9.17, 15) is 19.2 Å². The van der Waals surface area contributed by atoms with Crippen molar-refractivity contribution in [3.05, 3.63) is 65.9 Å². The molecular weight excluding hydrogens is 574 g/mol. The molecular formula is C32H33N9O4. The number of rotatable bonds is 5. The van der Waals surface area contributed by atoms with Crippen LogP contribution in [0.3, 0.4) is 0 Å². The van der Waals surface area contributed by atoms with Crippen molar-refractivity contribution < 1.29 is 19.2 Å². The highest BCUT2D eigenvalue weighted by Gasteiger charge is 2.45. The van der Waals surface area contributed by atoms with E-state index in [-0.39, 0.29) is 18.5 Å². The van der Waals surface area contributed by atoms with Crippen molar-refractivity contribution in [2.24, 2.45) is 5.92 Å². The van der Waals surface area contributed by atoms with E-state index in [0.717, 1.165) is 91.3 Å². The lowest BCUT2D eigenvalue weighted by Crippen LogP contribution is -2.58. The number of fused-ring (bicyclic) bond motifs is 4. The first-order valence-corrected chi connectivity index (χ1v) is 15.5. The normalized spacial score (nSPS) is 20.1. The number of hydrogen-bond donors (Lipinski definition) is 1. The highest BCUT2D eigenvalue weighted by molar-refractivity contribution is 6.24. The Bertz CT molecular complexity index is 1860. The molecule has 0 radical (unpaired) electrons. The van der Waals surface area contributed by atoms with Crippen LogP contribution in [0.15, 0.2) is 54.7 Å². The lowest BCUT2D eigenvalue weighted by Gasteiger charge is -2.40. The van der Waals surface area contributed by atoms with Crippen LogP contribution in [0.1, 0.15) is 40.0 Å². The summed E-state index contributed by atoms with van der Waals surface area (Å²) < 4.78 is 2.04. The fraction of sp³-hybridized carbons (Fsp3) is 0.375. The average Bonchev–Trinajstić information content (AvgIpc) is 3.55. The van der Waals surface area contributed by atoms with E-state index < -0.39 is 23.8 Å². The quantitative estimate of drug-likeness (QED) is 0.340. The minimum Gasteiger partial charge on any atom is -0.368 e. The summed E-state index contributed by atoms with van der Waals surface area (Å²) in [6.07, 6.45) is 4.28. The number of amides is 5. The number of piperidine rings is 1. The Hall–Kier alpha value is -5.04. The Labute approximate surface area is 259 Å². The van der Waals surface area contributed by atoms with Gasteiger partial charge in [0.2, 0.25) is 11.7 Å². The number of hydrazine groups is 1. The zero-order valence-electron chi connectivity index (χ0n) is 24.8. The molecule has 45 heavy (non-hydrogen) atoms. The number of anilines is 2. The Morgan fingerprint density at radius 2 is 1.58 bits per heavy atom. The van der Waals surface area contributed by atoms with Gasteiger partial charge in [0.1, 0.15) is 5.82 Å². The zero-order valence-corrected chi connectivity index (χ0v) is 24.8. The number of nitrogens with zero attached hydrogens (tertiary/aromatic N) is 8. The molecule has 3 fully saturated rings. The SMILES string of the molecule is O=C1CCN(N2C(=O)c3cccc(N4CCN(CC5CCN(c6ccn7c(n6)nc6ccccc67)CC5)CC4)c3C2=O)C(=O)N1. The third-order valence-corrected chi connectivity index (χ3v) is 9.48. The van der Waals surface area contributed by atoms with Gasteiger partial charge in [0.25, 0.3) is 11.8 Å². The summed E-state index contributed by atoms with van der Waals surface area (Å²) in [6.45, 7) is 6.11. The monoisotopic (exact) mass is 607 g/mol. The molecule has 4 aromatic rings. The standard InChI is InChI=1S/C32H33N9O4/c42-27-11-15-40(32(45)35-27)41-29(43)22-4-3-7-25(28(22)30(41)44)37-18-16-36(17-19-37)20-21-8-12-38(13-9-21)26-10-14-39-24-6-2-1-5-23(24)33-31(39)34-26/h1-7,10,14,21H,8-9,11-13,15-20H2,(H,35,42,45). The fourth-order valence-electron chi connectivity index (χ4n) is 7.08. The summed E-state index contributed by atoms with van der Waals surface area (Å²) >= 11 is 0. The van der Waals surface area contributed by atoms with Crippen molar-refractivity contribution in [2.75, 3.05) is 62.2 Å². The third-order valence-electron chi connectivity index (χ3n) is 9.48.